The lowest BCUT2D eigenvalue weighted by molar-refractivity contribution is -0.115. The minimum atomic E-state index is -0.373. The molecule has 7 rings (SSSR count). The van der Waals surface area contributed by atoms with Crippen LogP contribution in [0.15, 0.2) is 67.1 Å². The number of halogens is 1. The van der Waals surface area contributed by atoms with Crippen molar-refractivity contribution in [2.45, 2.75) is 39.0 Å². The smallest absolute Gasteiger partial charge is 0.224 e. The summed E-state index contributed by atoms with van der Waals surface area (Å²) >= 11 is 0. The van der Waals surface area contributed by atoms with Crippen LogP contribution < -0.4 is 10.1 Å². The third kappa shape index (κ3) is 6.32. The van der Waals surface area contributed by atoms with E-state index in [1.54, 1.807) is 25.5 Å². The van der Waals surface area contributed by atoms with E-state index in [1.165, 1.54) is 38.1 Å². The first kappa shape index (κ1) is 29.5. The summed E-state index contributed by atoms with van der Waals surface area (Å²) in [7, 11) is 0. The molecule has 1 fully saturated rings. The minimum Gasteiger partial charge on any atom is -0.493 e. The normalized spacial score (nSPS) is 13.5. The molecule has 0 aliphatic carbocycles. The third-order valence-electron chi connectivity index (χ3n) is 8.33. The molecule has 6 heterocycles. The zero-order valence-electron chi connectivity index (χ0n) is 25.6. The summed E-state index contributed by atoms with van der Waals surface area (Å²) in [6.07, 6.45) is 9.96. The molecule has 1 aromatic carbocycles. The Bertz CT molecular complexity index is 2010. The average molecular weight is 619 g/mol. The number of H-pyrrole nitrogens is 2. The average Bonchev–Trinajstić information content (AvgIpc) is 3.84. The van der Waals surface area contributed by atoms with Crippen LogP contribution in [0.4, 0.5) is 10.1 Å². The predicted molar refractivity (Wildman–Crippen MR) is 177 cm³/mol. The quantitative estimate of drug-likeness (QED) is 0.134. The van der Waals surface area contributed by atoms with E-state index in [0.717, 1.165) is 47.1 Å². The Kier molecular flexibility index (Phi) is 8.39. The monoisotopic (exact) mass is 618 g/mol. The molecule has 1 aliphatic heterocycles. The molecule has 0 spiro atoms. The maximum absolute atomic E-state index is 14.8. The van der Waals surface area contributed by atoms with Crippen molar-refractivity contribution in [3.8, 4) is 39.7 Å². The number of anilines is 1. The molecule has 234 valence electrons. The fraction of sp³-hybridized carbons (Fsp3) is 0.286. The third-order valence-corrected chi connectivity index (χ3v) is 8.33. The number of amides is 1. The van der Waals surface area contributed by atoms with E-state index in [0.29, 0.717) is 52.6 Å². The predicted octanol–water partition coefficient (Wildman–Crippen LogP) is 6.97. The van der Waals surface area contributed by atoms with E-state index >= 15 is 0 Å². The molecule has 0 radical (unpaired) electrons. The number of likely N-dealkylation sites (tertiary alicyclic amines) is 1. The number of carbonyl (C=O) groups is 1. The van der Waals surface area contributed by atoms with E-state index in [1.807, 2.05) is 36.4 Å². The van der Waals surface area contributed by atoms with Crippen molar-refractivity contribution in [1.29, 1.82) is 0 Å². The van der Waals surface area contributed by atoms with Crippen molar-refractivity contribution in [2.24, 2.45) is 0 Å². The molecule has 1 amide bonds. The van der Waals surface area contributed by atoms with Gasteiger partial charge in [0.2, 0.25) is 5.91 Å². The van der Waals surface area contributed by atoms with E-state index in [2.05, 4.69) is 35.4 Å². The molecule has 1 saturated heterocycles. The number of pyridine rings is 3. The van der Waals surface area contributed by atoms with Crippen LogP contribution in [0.5, 0.6) is 5.75 Å². The van der Waals surface area contributed by atoms with Gasteiger partial charge in [-0.25, -0.2) is 9.37 Å². The molecule has 1 aliphatic rings. The van der Waals surface area contributed by atoms with Crippen molar-refractivity contribution in [2.75, 3.05) is 31.6 Å². The van der Waals surface area contributed by atoms with Gasteiger partial charge in [0.1, 0.15) is 22.8 Å². The number of ether oxygens (including phenoxy) is 1. The van der Waals surface area contributed by atoms with Crippen molar-refractivity contribution in [3.63, 3.8) is 0 Å². The number of hydrogen-bond acceptors (Lipinski definition) is 7. The highest BCUT2D eigenvalue weighted by Gasteiger charge is 2.17. The van der Waals surface area contributed by atoms with Gasteiger partial charge in [-0.1, -0.05) is 6.92 Å². The van der Waals surface area contributed by atoms with Crippen LogP contribution >= 0.6 is 0 Å². The lowest BCUT2D eigenvalue weighted by atomic mass is 10.1. The lowest BCUT2D eigenvalue weighted by Crippen LogP contribution is -2.20. The summed E-state index contributed by atoms with van der Waals surface area (Å²) < 4.78 is 20.8. The summed E-state index contributed by atoms with van der Waals surface area (Å²) in [5, 5.41) is 11.3. The van der Waals surface area contributed by atoms with Gasteiger partial charge in [-0.15, -0.1) is 0 Å². The summed E-state index contributed by atoms with van der Waals surface area (Å²) in [4.78, 5) is 31.7. The number of rotatable bonds is 11. The van der Waals surface area contributed by atoms with Crippen molar-refractivity contribution in [3.05, 3.63) is 72.9 Å². The molecule has 11 heteroatoms. The number of aromatic amines is 2. The molecule has 5 aromatic heterocycles. The van der Waals surface area contributed by atoms with Gasteiger partial charge in [0.05, 0.1) is 41.1 Å². The summed E-state index contributed by atoms with van der Waals surface area (Å²) in [5.41, 5.74) is 7.01. The molecular weight excluding hydrogens is 583 g/mol. The Labute approximate surface area is 265 Å². The molecule has 3 N–H and O–H groups in total. The summed E-state index contributed by atoms with van der Waals surface area (Å²) in [6, 6.07) is 14.3. The Hall–Kier alpha value is -5.16. The van der Waals surface area contributed by atoms with E-state index in [9.17, 15) is 9.18 Å². The standard InChI is InChI=1S/C35H35FN8O2/c1-2-32(45)39-25-16-23(20-37-21-25)28-7-8-30-34(41-28)35(43-42-30)31-19-27-29(40-31)9-10-38-33(27)22-15-24(36)18-26(17-22)46-14-6-5-13-44-11-3-4-12-44/h7-10,15-21,40H,2-6,11-14H2,1H3,(H,39,45)(H,42,43). The van der Waals surface area contributed by atoms with Gasteiger partial charge in [0.25, 0.3) is 0 Å². The minimum absolute atomic E-state index is 0.0857. The zero-order valence-corrected chi connectivity index (χ0v) is 25.6. The summed E-state index contributed by atoms with van der Waals surface area (Å²) in [5.74, 6) is 0.0352. The Morgan fingerprint density at radius 3 is 2.76 bits per heavy atom. The van der Waals surface area contributed by atoms with Crippen LogP contribution in [0.3, 0.4) is 0 Å². The SMILES string of the molecule is CCC(=O)Nc1cncc(-c2ccc3[nH]nc(-c4cc5c(-c6cc(F)cc(OCCCCN7CCCC7)c6)nccc5[nH]4)c3n2)c1. The van der Waals surface area contributed by atoms with Crippen molar-refractivity contribution >= 4 is 33.5 Å². The van der Waals surface area contributed by atoms with Crippen molar-refractivity contribution < 1.29 is 13.9 Å². The second kappa shape index (κ2) is 13.1. The number of nitrogens with one attached hydrogen (secondary N) is 3. The van der Waals surface area contributed by atoms with Crippen LogP contribution in [0.1, 0.15) is 39.0 Å². The van der Waals surface area contributed by atoms with Gasteiger partial charge < -0.3 is 19.9 Å². The highest BCUT2D eigenvalue weighted by atomic mass is 19.1. The fourth-order valence-electron chi connectivity index (χ4n) is 5.97. The number of nitrogens with zero attached hydrogens (tertiary/aromatic N) is 5. The number of unbranched alkanes of at least 4 members (excludes halogenated alkanes) is 1. The molecule has 46 heavy (non-hydrogen) atoms. The molecule has 6 aromatic rings. The van der Waals surface area contributed by atoms with Gasteiger partial charge in [0.15, 0.2) is 0 Å². The Morgan fingerprint density at radius 1 is 1.00 bits per heavy atom. The first-order valence-corrected chi connectivity index (χ1v) is 15.8. The summed E-state index contributed by atoms with van der Waals surface area (Å²) in [6.45, 7) is 5.81. The van der Waals surface area contributed by atoms with Gasteiger partial charge in [-0.2, -0.15) is 5.10 Å². The Morgan fingerprint density at radius 2 is 1.89 bits per heavy atom. The maximum Gasteiger partial charge on any atom is 0.224 e. The highest BCUT2D eigenvalue weighted by molar-refractivity contribution is 5.99. The molecule has 0 bridgehead atoms. The number of benzene rings is 1. The van der Waals surface area contributed by atoms with Crippen LogP contribution in [-0.2, 0) is 4.79 Å². The van der Waals surface area contributed by atoms with Crippen LogP contribution in [0.25, 0.3) is 55.8 Å². The molecule has 0 unspecified atom stereocenters. The van der Waals surface area contributed by atoms with Crippen LogP contribution in [0, 0.1) is 5.82 Å². The van der Waals surface area contributed by atoms with Crippen LogP contribution in [-0.4, -0.2) is 67.2 Å². The number of carbonyl (C=O) groups excluding carboxylic acids is 1. The second-order valence-corrected chi connectivity index (χ2v) is 11.6. The fourth-order valence-corrected chi connectivity index (χ4v) is 5.97. The lowest BCUT2D eigenvalue weighted by Gasteiger charge is -2.14. The van der Waals surface area contributed by atoms with E-state index in [-0.39, 0.29) is 11.7 Å². The molecule has 0 saturated carbocycles. The molecule has 10 nitrogen and oxygen atoms in total. The number of fused-ring (bicyclic) bond motifs is 2. The zero-order chi connectivity index (χ0) is 31.5. The van der Waals surface area contributed by atoms with E-state index < -0.39 is 0 Å². The maximum atomic E-state index is 14.8. The topological polar surface area (TPSA) is 125 Å². The highest BCUT2D eigenvalue weighted by Crippen LogP contribution is 2.34. The van der Waals surface area contributed by atoms with Gasteiger partial charge in [0, 0.05) is 46.9 Å². The van der Waals surface area contributed by atoms with Gasteiger partial charge >= 0.3 is 0 Å². The number of aromatic nitrogens is 6. The number of hydrogen-bond donors (Lipinski definition) is 3. The van der Waals surface area contributed by atoms with Gasteiger partial charge in [-0.05, 0) is 87.8 Å². The second-order valence-electron chi connectivity index (χ2n) is 11.6. The van der Waals surface area contributed by atoms with Gasteiger partial charge in [-0.3, -0.25) is 19.9 Å². The first-order valence-electron chi connectivity index (χ1n) is 15.8. The largest absolute Gasteiger partial charge is 0.493 e. The van der Waals surface area contributed by atoms with Crippen molar-refractivity contribution in [1.82, 2.24) is 35.0 Å². The van der Waals surface area contributed by atoms with E-state index in [4.69, 9.17) is 9.72 Å². The first-order chi connectivity index (χ1) is 22.5. The Balaban J connectivity index is 1.15. The van der Waals surface area contributed by atoms with Crippen LogP contribution in [0.2, 0.25) is 0 Å². The molecule has 0 atom stereocenters. The molecular formula is C35H35FN8O2.